The molecule has 0 saturated carbocycles. The number of piperazine rings is 1. The summed E-state index contributed by atoms with van der Waals surface area (Å²) in [6.45, 7) is 8.59. The molecule has 0 N–H and O–H groups in total. The van der Waals surface area contributed by atoms with Crippen molar-refractivity contribution in [2.75, 3.05) is 47.4 Å². The summed E-state index contributed by atoms with van der Waals surface area (Å²) in [5, 5.41) is 0. The number of rotatable bonds is 8. The van der Waals surface area contributed by atoms with Crippen LogP contribution in [0.2, 0.25) is 0 Å². The first-order chi connectivity index (χ1) is 14.4. The van der Waals surface area contributed by atoms with Crippen LogP contribution in [-0.2, 0) is 13.1 Å². The number of hydrogen-bond acceptors (Lipinski definition) is 7. The lowest BCUT2D eigenvalue weighted by Gasteiger charge is -2.31. The highest BCUT2D eigenvalue weighted by Crippen LogP contribution is 2.27. The van der Waals surface area contributed by atoms with Crippen LogP contribution in [0.3, 0.4) is 0 Å². The van der Waals surface area contributed by atoms with E-state index in [2.05, 4.69) is 35.7 Å². The number of oxazole rings is 1. The zero-order chi connectivity index (χ0) is 21.7. The van der Waals surface area contributed by atoms with Crippen molar-refractivity contribution < 1.29 is 18.7 Å². The molecule has 1 fully saturated rings. The Morgan fingerprint density at radius 1 is 1.17 bits per heavy atom. The molecule has 1 aliphatic heterocycles. The number of nitrogens with zero attached hydrogens (tertiary/aromatic N) is 4. The molecule has 3 rings (SSSR count). The summed E-state index contributed by atoms with van der Waals surface area (Å²) in [6.07, 6.45) is 1.47. The lowest BCUT2D eigenvalue weighted by Crippen LogP contribution is -2.47. The summed E-state index contributed by atoms with van der Waals surface area (Å²) in [5.41, 5.74) is 1.42. The number of carbonyl (C=O) groups excluding carboxylic acids is 1. The third-order valence-corrected chi connectivity index (χ3v) is 5.50. The van der Waals surface area contributed by atoms with Gasteiger partial charge in [-0.15, -0.1) is 0 Å². The molecular weight excluding hydrogens is 384 g/mol. The van der Waals surface area contributed by atoms with Crippen LogP contribution in [0.4, 0.5) is 0 Å². The van der Waals surface area contributed by atoms with Crippen LogP contribution in [0.25, 0.3) is 0 Å². The van der Waals surface area contributed by atoms with Crippen LogP contribution in [0.5, 0.6) is 11.5 Å². The molecule has 8 nitrogen and oxygen atoms in total. The summed E-state index contributed by atoms with van der Waals surface area (Å²) in [6, 6.07) is 6.06. The molecule has 30 heavy (non-hydrogen) atoms. The Morgan fingerprint density at radius 2 is 1.90 bits per heavy atom. The van der Waals surface area contributed by atoms with Crippen molar-refractivity contribution in [3.8, 4) is 11.5 Å². The molecule has 1 amide bonds. The van der Waals surface area contributed by atoms with Crippen LogP contribution in [0.15, 0.2) is 28.9 Å². The van der Waals surface area contributed by atoms with Gasteiger partial charge in [0.05, 0.1) is 20.8 Å². The lowest BCUT2D eigenvalue weighted by molar-refractivity contribution is 0.0658. The van der Waals surface area contributed by atoms with E-state index >= 15 is 0 Å². The van der Waals surface area contributed by atoms with E-state index in [4.69, 9.17) is 13.9 Å². The first-order valence-corrected chi connectivity index (χ1v) is 10.3. The zero-order valence-electron chi connectivity index (χ0n) is 18.6. The van der Waals surface area contributed by atoms with E-state index in [1.54, 1.807) is 14.2 Å². The van der Waals surface area contributed by atoms with Gasteiger partial charge < -0.3 is 23.7 Å². The third-order valence-electron chi connectivity index (χ3n) is 5.50. The quantitative estimate of drug-likeness (QED) is 0.655. The molecule has 0 spiro atoms. The van der Waals surface area contributed by atoms with Gasteiger partial charge in [0, 0.05) is 50.4 Å². The van der Waals surface area contributed by atoms with Gasteiger partial charge in [-0.25, -0.2) is 4.98 Å². The monoisotopic (exact) mass is 416 g/mol. The molecule has 164 valence electrons. The van der Waals surface area contributed by atoms with Gasteiger partial charge in [-0.2, -0.15) is 0 Å². The Bertz CT molecular complexity index is 843. The molecule has 0 aliphatic carbocycles. The molecule has 0 atom stereocenters. The molecule has 1 aromatic carbocycles. The van der Waals surface area contributed by atoms with Crippen LogP contribution in [0, 0.1) is 0 Å². The highest BCUT2D eigenvalue weighted by molar-refractivity contribution is 5.92. The molecule has 0 bridgehead atoms. The van der Waals surface area contributed by atoms with Gasteiger partial charge in [-0.1, -0.05) is 6.07 Å². The van der Waals surface area contributed by atoms with E-state index in [9.17, 15) is 4.79 Å². The molecule has 1 saturated heterocycles. The van der Waals surface area contributed by atoms with Crippen molar-refractivity contribution in [2.45, 2.75) is 33.0 Å². The van der Waals surface area contributed by atoms with Gasteiger partial charge in [0.15, 0.2) is 5.69 Å². The second kappa shape index (κ2) is 9.95. The minimum atomic E-state index is -0.0639. The third kappa shape index (κ3) is 5.31. The van der Waals surface area contributed by atoms with Crippen molar-refractivity contribution >= 4 is 5.91 Å². The number of amides is 1. The van der Waals surface area contributed by atoms with Crippen molar-refractivity contribution in [3.05, 3.63) is 41.6 Å². The van der Waals surface area contributed by atoms with Gasteiger partial charge in [0.25, 0.3) is 5.91 Å². The smallest absolute Gasteiger partial charge is 0.275 e. The van der Waals surface area contributed by atoms with Gasteiger partial charge >= 0.3 is 0 Å². The number of benzene rings is 1. The summed E-state index contributed by atoms with van der Waals surface area (Å²) in [4.78, 5) is 23.5. The van der Waals surface area contributed by atoms with Crippen LogP contribution in [0.1, 0.15) is 35.8 Å². The first-order valence-electron chi connectivity index (χ1n) is 10.3. The molecule has 2 heterocycles. The number of carbonyl (C=O) groups is 1. The Kier molecular flexibility index (Phi) is 7.33. The molecule has 8 heteroatoms. The number of methoxy groups -OCH3 is 2. The van der Waals surface area contributed by atoms with E-state index < -0.39 is 0 Å². The lowest BCUT2D eigenvalue weighted by atomic mass is 10.1. The predicted octanol–water partition coefficient (Wildman–Crippen LogP) is 2.49. The van der Waals surface area contributed by atoms with E-state index in [1.807, 2.05) is 23.1 Å². The molecule has 1 aromatic heterocycles. The molecule has 2 aromatic rings. The molecular formula is C22H32N4O4. The average Bonchev–Trinajstić information content (AvgIpc) is 3.22. The first kappa shape index (κ1) is 22.1. The molecule has 0 unspecified atom stereocenters. The van der Waals surface area contributed by atoms with Crippen LogP contribution in [-0.4, -0.2) is 79.1 Å². The predicted molar refractivity (Wildman–Crippen MR) is 114 cm³/mol. The number of likely N-dealkylation sites (N-methyl/N-ethyl adjacent to an activating group) is 1. The summed E-state index contributed by atoms with van der Waals surface area (Å²) >= 11 is 0. The van der Waals surface area contributed by atoms with E-state index in [1.165, 1.54) is 6.26 Å². The maximum atomic E-state index is 12.7. The minimum absolute atomic E-state index is 0.0639. The maximum absolute atomic E-state index is 12.7. The van der Waals surface area contributed by atoms with Crippen molar-refractivity contribution in [3.63, 3.8) is 0 Å². The Balaban J connectivity index is 1.68. The Morgan fingerprint density at radius 3 is 2.53 bits per heavy atom. The standard InChI is InChI=1S/C22H32N4O4/c1-16(2)26(13-17-6-7-18(28-4)12-20(17)29-5)14-21-23-19(15-30-21)22(27)25-10-8-24(3)9-11-25/h6-7,12,15-16H,8-11,13-14H2,1-5H3. The van der Waals surface area contributed by atoms with Crippen molar-refractivity contribution in [1.29, 1.82) is 0 Å². The highest BCUT2D eigenvalue weighted by atomic mass is 16.5. The molecule has 1 aliphatic rings. The number of ether oxygens (including phenoxy) is 2. The second-order valence-corrected chi connectivity index (χ2v) is 7.90. The van der Waals surface area contributed by atoms with Gasteiger partial charge in [0.2, 0.25) is 5.89 Å². The van der Waals surface area contributed by atoms with Crippen LogP contribution < -0.4 is 9.47 Å². The maximum Gasteiger partial charge on any atom is 0.275 e. The number of hydrogen-bond donors (Lipinski definition) is 0. The summed E-state index contributed by atoms with van der Waals surface area (Å²) < 4.78 is 16.5. The van der Waals surface area contributed by atoms with E-state index in [0.717, 1.165) is 30.2 Å². The van der Waals surface area contributed by atoms with Crippen molar-refractivity contribution in [2.24, 2.45) is 0 Å². The number of aromatic nitrogens is 1. The second-order valence-electron chi connectivity index (χ2n) is 7.90. The SMILES string of the molecule is COc1ccc(CN(Cc2nc(C(=O)N3CCN(C)CC3)co2)C(C)C)c(OC)c1. The molecule has 0 radical (unpaired) electrons. The highest BCUT2D eigenvalue weighted by Gasteiger charge is 2.24. The minimum Gasteiger partial charge on any atom is -0.497 e. The van der Waals surface area contributed by atoms with E-state index in [-0.39, 0.29) is 11.9 Å². The average molecular weight is 417 g/mol. The summed E-state index contributed by atoms with van der Waals surface area (Å²) in [5.74, 6) is 2.00. The Labute approximate surface area is 178 Å². The van der Waals surface area contributed by atoms with Gasteiger partial charge in [0.1, 0.15) is 17.8 Å². The fourth-order valence-corrected chi connectivity index (χ4v) is 3.45. The summed E-state index contributed by atoms with van der Waals surface area (Å²) in [7, 11) is 5.36. The van der Waals surface area contributed by atoms with Gasteiger partial charge in [-0.05, 0) is 27.0 Å². The zero-order valence-corrected chi connectivity index (χ0v) is 18.6. The fraction of sp³-hybridized carbons (Fsp3) is 0.545. The largest absolute Gasteiger partial charge is 0.497 e. The topological polar surface area (TPSA) is 71.3 Å². The van der Waals surface area contributed by atoms with Gasteiger partial charge in [-0.3, -0.25) is 9.69 Å². The Hall–Kier alpha value is -2.58. The van der Waals surface area contributed by atoms with Crippen LogP contribution >= 0.6 is 0 Å². The fourth-order valence-electron chi connectivity index (χ4n) is 3.45. The normalized spacial score (nSPS) is 15.1. The van der Waals surface area contributed by atoms with E-state index in [0.29, 0.717) is 37.8 Å². The van der Waals surface area contributed by atoms with Crippen molar-refractivity contribution in [1.82, 2.24) is 19.7 Å².